The zero-order chi connectivity index (χ0) is 21.4. The van der Waals surface area contributed by atoms with Gasteiger partial charge in [-0.3, -0.25) is 0 Å². The number of benzene rings is 1. The van der Waals surface area contributed by atoms with Crippen molar-refractivity contribution in [2.75, 3.05) is 13.1 Å². The highest BCUT2D eigenvalue weighted by atomic mass is 35.5. The van der Waals surface area contributed by atoms with Crippen LogP contribution in [0.4, 0.5) is 0 Å². The number of halogens is 1. The highest BCUT2D eigenvalue weighted by molar-refractivity contribution is 6.29. The lowest BCUT2D eigenvalue weighted by Crippen LogP contribution is -2.20. The van der Waals surface area contributed by atoms with Crippen molar-refractivity contribution < 1.29 is 4.74 Å². The Bertz CT molecular complexity index is 1300. The third-order valence-corrected chi connectivity index (χ3v) is 5.47. The van der Waals surface area contributed by atoms with Gasteiger partial charge in [0.05, 0.1) is 17.2 Å². The summed E-state index contributed by atoms with van der Waals surface area (Å²) >= 11 is 6.28. The molecule has 0 amide bonds. The molecule has 1 aliphatic rings. The summed E-state index contributed by atoms with van der Waals surface area (Å²) < 4.78 is 7.79. The zero-order valence-corrected chi connectivity index (χ0v) is 17.6. The maximum atomic E-state index is 9.65. The second-order valence-corrected chi connectivity index (χ2v) is 7.85. The number of fused-ring (bicyclic) bond motifs is 1. The van der Waals surface area contributed by atoms with Crippen molar-refractivity contribution in [1.29, 1.82) is 5.26 Å². The van der Waals surface area contributed by atoms with Gasteiger partial charge in [0.2, 0.25) is 5.88 Å². The quantitative estimate of drug-likeness (QED) is 0.492. The smallest absolute Gasteiger partial charge is 0.217 e. The van der Waals surface area contributed by atoms with Crippen molar-refractivity contribution in [3.8, 4) is 34.3 Å². The molecule has 4 heterocycles. The molecule has 0 unspecified atom stereocenters. The van der Waals surface area contributed by atoms with Crippen LogP contribution < -0.4 is 10.1 Å². The minimum atomic E-state index is 0.0951. The van der Waals surface area contributed by atoms with Crippen molar-refractivity contribution in [3.63, 3.8) is 0 Å². The summed E-state index contributed by atoms with van der Waals surface area (Å²) in [5.74, 6) is 0.541. The first-order valence-corrected chi connectivity index (χ1v) is 10.4. The average molecular weight is 431 g/mol. The second kappa shape index (κ2) is 7.99. The number of hydrogen-bond donors (Lipinski definition) is 1. The highest BCUT2D eigenvalue weighted by Crippen LogP contribution is 2.37. The summed E-state index contributed by atoms with van der Waals surface area (Å²) in [4.78, 5) is 9.06. The van der Waals surface area contributed by atoms with Crippen LogP contribution in [0, 0.1) is 18.3 Å². The summed E-state index contributed by atoms with van der Waals surface area (Å²) in [5.41, 5.74) is 4.97. The first-order chi connectivity index (χ1) is 15.1. The molecule has 0 bridgehead atoms. The topological polar surface area (TPSA) is 88.1 Å². The third kappa shape index (κ3) is 3.72. The van der Waals surface area contributed by atoms with Gasteiger partial charge in [-0.2, -0.15) is 15.3 Å². The van der Waals surface area contributed by atoms with Gasteiger partial charge in [0.15, 0.2) is 5.65 Å². The Labute approximate surface area is 184 Å². The van der Waals surface area contributed by atoms with Crippen LogP contribution in [0.15, 0.2) is 48.7 Å². The van der Waals surface area contributed by atoms with E-state index in [0.717, 1.165) is 41.9 Å². The van der Waals surface area contributed by atoms with E-state index in [-0.39, 0.29) is 6.10 Å². The Morgan fingerprint density at radius 2 is 2.10 bits per heavy atom. The summed E-state index contributed by atoms with van der Waals surface area (Å²) in [5, 5.41) is 18.1. The number of aromatic nitrogens is 4. The molecule has 7 nitrogen and oxygen atoms in total. The van der Waals surface area contributed by atoms with E-state index in [4.69, 9.17) is 26.4 Å². The molecule has 154 valence electrons. The molecular formula is C23H19ClN6O. The number of nitrogens with zero attached hydrogens (tertiary/aromatic N) is 5. The van der Waals surface area contributed by atoms with Crippen molar-refractivity contribution in [2.45, 2.75) is 19.4 Å². The Morgan fingerprint density at radius 1 is 1.23 bits per heavy atom. The predicted molar refractivity (Wildman–Crippen MR) is 118 cm³/mol. The Kier molecular flexibility index (Phi) is 5.02. The molecule has 3 aromatic heterocycles. The number of ether oxygens (including phenoxy) is 1. The summed E-state index contributed by atoms with van der Waals surface area (Å²) in [6.45, 7) is 3.63. The number of pyridine rings is 1. The van der Waals surface area contributed by atoms with Gasteiger partial charge >= 0.3 is 0 Å². The number of nitriles is 1. The van der Waals surface area contributed by atoms with Gasteiger partial charge in [-0.15, -0.1) is 0 Å². The van der Waals surface area contributed by atoms with E-state index in [2.05, 4.69) is 16.4 Å². The van der Waals surface area contributed by atoms with Crippen LogP contribution in [0.3, 0.4) is 0 Å². The van der Waals surface area contributed by atoms with Gasteiger partial charge in [0.1, 0.15) is 17.0 Å². The number of rotatable bonds is 4. The lowest BCUT2D eigenvalue weighted by Gasteiger charge is -2.11. The van der Waals surface area contributed by atoms with E-state index in [9.17, 15) is 5.26 Å². The zero-order valence-electron chi connectivity index (χ0n) is 16.8. The number of nitrogens with one attached hydrogen (secondary N) is 1. The van der Waals surface area contributed by atoms with Crippen molar-refractivity contribution in [3.05, 3.63) is 65.1 Å². The molecule has 1 aliphatic heterocycles. The lowest BCUT2D eigenvalue weighted by molar-refractivity contribution is 0.214. The van der Waals surface area contributed by atoms with Gasteiger partial charge in [-0.05, 0) is 43.7 Å². The molecule has 8 heteroatoms. The van der Waals surface area contributed by atoms with Crippen LogP contribution >= 0.6 is 11.6 Å². The Balaban J connectivity index is 1.74. The predicted octanol–water partition coefficient (Wildman–Crippen LogP) is 4.03. The standard InChI is InChI=1S/C23H19ClN6O/c1-14-10-16(11-19(24)27-14)21-22(18-5-3-2-4-15(18)12-25)29-30-9-7-20(28-23(21)30)31-17-6-8-26-13-17/h2-5,7,9-11,17,26H,6,8,13H2,1H3/t17-/m1/s1. The molecule has 0 aliphatic carbocycles. The first kappa shape index (κ1) is 19.5. The molecule has 1 aromatic carbocycles. The summed E-state index contributed by atoms with van der Waals surface area (Å²) in [7, 11) is 0. The fourth-order valence-electron chi connectivity index (χ4n) is 3.89. The van der Waals surface area contributed by atoms with E-state index in [1.165, 1.54) is 0 Å². The lowest BCUT2D eigenvalue weighted by atomic mass is 9.98. The molecule has 1 atom stereocenters. The molecule has 1 N–H and O–H groups in total. The molecule has 31 heavy (non-hydrogen) atoms. The van der Waals surface area contributed by atoms with E-state index >= 15 is 0 Å². The maximum Gasteiger partial charge on any atom is 0.217 e. The van der Waals surface area contributed by atoms with Crippen LogP contribution in [0.2, 0.25) is 5.15 Å². The highest BCUT2D eigenvalue weighted by Gasteiger charge is 2.22. The van der Waals surface area contributed by atoms with Crippen LogP contribution in [-0.4, -0.2) is 38.8 Å². The SMILES string of the molecule is Cc1cc(-c2c(-c3ccccc3C#N)nn3ccc(O[C@@H]4CCNC4)nc23)cc(Cl)n1. The fourth-order valence-corrected chi connectivity index (χ4v) is 4.14. The fraction of sp³-hybridized carbons (Fsp3) is 0.217. The van der Waals surface area contributed by atoms with Crippen LogP contribution in [0.1, 0.15) is 17.7 Å². The average Bonchev–Trinajstić information content (AvgIpc) is 3.40. The van der Waals surface area contributed by atoms with Crippen LogP contribution in [-0.2, 0) is 0 Å². The van der Waals surface area contributed by atoms with Crippen molar-refractivity contribution in [1.82, 2.24) is 24.9 Å². The third-order valence-electron chi connectivity index (χ3n) is 5.28. The van der Waals surface area contributed by atoms with E-state index in [1.807, 2.05) is 43.5 Å². The molecule has 5 rings (SSSR count). The number of aryl methyl sites for hydroxylation is 1. The van der Waals surface area contributed by atoms with Gasteiger partial charge in [-0.1, -0.05) is 29.8 Å². The molecule has 4 aromatic rings. The molecule has 0 saturated carbocycles. The maximum absolute atomic E-state index is 9.65. The van der Waals surface area contributed by atoms with Crippen molar-refractivity contribution in [2.24, 2.45) is 0 Å². The normalized spacial score (nSPS) is 15.8. The minimum Gasteiger partial charge on any atom is -0.473 e. The van der Waals surface area contributed by atoms with Gasteiger partial charge in [-0.25, -0.2) is 9.50 Å². The molecule has 0 radical (unpaired) electrons. The van der Waals surface area contributed by atoms with Crippen LogP contribution in [0.5, 0.6) is 5.88 Å². The second-order valence-electron chi connectivity index (χ2n) is 7.47. The van der Waals surface area contributed by atoms with Crippen LogP contribution in [0.25, 0.3) is 28.0 Å². The monoisotopic (exact) mass is 430 g/mol. The molecule has 0 spiro atoms. The van der Waals surface area contributed by atoms with Gasteiger partial charge in [0, 0.05) is 30.1 Å². The van der Waals surface area contributed by atoms with Gasteiger partial charge in [0.25, 0.3) is 0 Å². The van der Waals surface area contributed by atoms with E-state index in [0.29, 0.717) is 27.9 Å². The Hall–Kier alpha value is -3.47. The number of hydrogen-bond acceptors (Lipinski definition) is 6. The summed E-state index contributed by atoms with van der Waals surface area (Å²) in [6.07, 6.45) is 2.87. The molecule has 1 saturated heterocycles. The molecular weight excluding hydrogens is 412 g/mol. The van der Waals surface area contributed by atoms with E-state index < -0.39 is 0 Å². The first-order valence-electron chi connectivity index (χ1n) is 10.0. The van der Waals surface area contributed by atoms with Crippen molar-refractivity contribution >= 4 is 17.2 Å². The largest absolute Gasteiger partial charge is 0.473 e. The Morgan fingerprint density at radius 3 is 2.87 bits per heavy atom. The summed E-state index contributed by atoms with van der Waals surface area (Å²) in [6, 6.07) is 15.2. The van der Waals surface area contributed by atoms with Gasteiger partial charge < -0.3 is 10.1 Å². The minimum absolute atomic E-state index is 0.0951. The molecule has 1 fully saturated rings. The van der Waals surface area contributed by atoms with E-state index in [1.54, 1.807) is 16.6 Å².